The number of phenolic OH excluding ortho intramolecular Hbond substituents is 1. The molecular formula is C20H18N2O3. The number of ether oxygens (including phenoxy) is 1. The van der Waals surface area contributed by atoms with Crippen LogP contribution in [-0.2, 0) is 4.79 Å². The monoisotopic (exact) mass is 334 g/mol. The molecule has 3 rings (SSSR count). The molecule has 0 aliphatic carbocycles. The summed E-state index contributed by atoms with van der Waals surface area (Å²) < 4.78 is 5.51. The van der Waals surface area contributed by atoms with E-state index in [9.17, 15) is 9.90 Å². The minimum atomic E-state index is -0.372. The predicted molar refractivity (Wildman–Crippen MR) is 97.9 cm³/mol. The third kappa shape index (κ3) is 4.14. The number of carbonyl (C=O) groups excluding carboxylic acids is 1. The van der Waals surface area contributed by atoms with Crippen molar-refractivity contribution in [1.29, 1.82) is 0 Å². The van der Waals surface area contributed by atoms with E-state index in [4.69, 9.17) is 4.74 Å². The second kappa shape index (κ2) is 7.49. The third-order valence-corrected chi connectivity index (χ3v) is 3.73. The van der Waals surface area contributed by atoms with E-state index in [1.54, 1.807) is 31.2 Å². The maximum absolute atomic E-state index is 11.9. The number of aromatic hydroxyl groups is 1. The molecule has 0 radical (unpaired) electrons. The van der Waals surface area contributed by atoms with E-state index in [0.717, 1.165) is 10.8 Å². The Morgan fingerprint density at radius 3 is 2.56 bits per heavy atom. The number of hydrogen-bond acceptors (Lipinski definition) is 4. The highest BCUT2D eigenvalue weighted by atomic mass is 16.5. The van der Waals surface area contributed by atoms with Crippen molar-refractivity contribution in [2.24, 2.45) is 5.10 Å². The van der Waals surface area contributed by atoms with Gasteiger partial charge in [0.2, 0.25) is 0 Å². The normalized spacial score (nSPS) is 11.3. The highest BCUT2D eigenvalue weighted by Crippen LogP contribution is 2.20. The van der Waals surface area contributed by atoms with Crippen molar-refractivity contribution in [2.45, 2.75) is 6.92 Å². The van der Waals surface area contributed by atoms with Gasteiger partial charge in [0.1, 0.15) is 11.5 Å². The van der Waals surface area contributed by atoms with Gasteiger partial charge in [-0.2, -0.15) is 5.10 Å². The van der Waals surface area contributed by atoms with Gasteiger partial charge < -0.3 is 9.84 Å². The first kappa shape index (κ1) is 16.5. The molecule has 0 saturated heterocycles. The molecule has 0 fully saturated rings. The van der Waals surface area contributed by atoms with Crippen LogP contribution >= 0.6 is 0 Å². The Kier molecular flexibility index (Phi) is 4.95. The topological polar surface area (TPSA) is 70.9 Å². The molecule has 3 aromatic rings. The predicted octanol–water partition coefficient (Wildman–Crippen LogP) is 3.46. The summed E-state index contributed by atoms with van der Waals surface area (Å²) in [6, 6.07) is 20.4. The maximum atomic E-state index is 11.9. The van der Waals surface area contributed by atoms with E-state index in [1.807, 2.05) is 42.5 Å². The molecule has 0 unspecified atom stereocenters. The molecule has 5 heteroatoms. The van der Waals surface area contributed by atoms with E-state index < -0.39 is 0 Å². The zero-order valence-electron chi connectivity index (χ0n) is 13.8. The molecule has 0 saturated carbocycles. The minimum absolute atomic E-state index is 0.116. The number of nitrogens with zero attached hydrogens (tertiary/aromatic N) is 1. The van der Waals surface area contributed by atoms with E-state index in [0.29, 0.717) is 17.0 Å². The number of rotatable bonds is 5. The summed E-state index contributed by atoms with van der Waals surface area (Å²) in [4.78, 5) is 11.9. The van der Waals surface area contributed by atoms with Gasteiger partial charge in [-0.25, -0.2) is 5.43 Å². The molecule has 0 aliphatic rings. The van der Waals surface area contributed by atoms with Gasteiger partial charge in [0, 0.05) is 5.56 Å². The number of carbonyl (C=O) groups is 1. The molecule has 0 spiro atoms. The summed E-state index contributed by atoms with van der Waals surface area (Å²) in [5, 5.41) is 15.9. The second-order valence-corrected chi connectivity index (χ2v) is 5.55. The molecule has 0 atom stereocenters. The molecule has 2 N–H and O–H groups in total. The van der Waals surface area contributed by atoms with E-state index in [2.05, 4.69) is 10.5 Å². The van der Waals surface area contributed by atoms with Gasteiger partial charge in [0.05, 0.1) is 5.71 Å². The Morgan fingerprint density at radius 1 is 1.04 bits per heavy atom. The van der Waals surface area contributed by atoms with Crippen LogP contribution in [0.4, 0.5) is 0 Å². The number of para-hydroxylation sites is 1. The van der Waals surface area contributed by atoms with Gasteiger partial charge in [-0.1, -0.05) is 42.5 Å². The van der Waals surface area contributed by atoms with Crippen molar-refractivity contribution in [3.63, 3.8) is 0 Å². The number of fused-ring (bicyclic) bond motifs is 1. The molecule has 5 nitrogen and oxygen atoms in total. The van der Waals surface area contributed by atoms with Crippen LogP contribution in [0, 0.1) is 0 Å². The summed E-state index contributed by atoms with van der Waals surface area (Å²) in [5.74, 6) is 0.364. The largest absolute Gasteiger partial charge is 0.507 e. The molecule has 0 aromatic heterocycles. The Bertz CT molecular complexity index is 935. The average Bonchev–Trinajstić information content (AvgIpc) is 2.64. The van der Waals surface area contributed by atoms with Gasteiger partial charge in [0.15, 0.2) is 6.61 Å². The lowest BCUT2D eigenvalue weighted by molar-refractivity contribution is -0.123. The van der Waals surface area contributed by atoms with Crippen molar-refractivity contribution >= 4 is 22.4 Å². The van der Waals surface area contributed by atoms with Crippen molar-refractivity contribution in [1.82, 2.24) is 5.43 Å². The van der Waals surface area contributed by atoms with E-state index in [1.165, 1.54) is 0 Å². The Morgan fingerprint density at radius 2 is 1.76 bits per heavy atom. The fraction of sp³-hybridized carbons (Fsp3) is 0.100. The Hall–Kier alpha value is -3.34. The summed E-state index contributed by atoms with van der Waals surface area (Å²) in [5.41, 5.74) is 3.51. The lowest BCUT2D eigenvalue weighted by atomic mass is 10.1. The van der Waals surface area contributed by atoms with Crippen molar-refractivity contribution in [3.05, 3.63) is 72.3 Å². The smallest absolute Gasteiger partial charge is 0.277 e. The number of hydrazone groups is 1. The van der Waals surface area contributed by atoms with Crippen LogP contribution in [0.2, 0.25) is 0 Å². The number of nitrogens with one attached hydrogen (secondary N) is 1. The Balaban J connectivity index is 1.59. The lowest BCUT2D eigenvalue weighted by Gasteiger charge is -2.07. The van der Waals surface area contributed by atoms with Gasteiger partial charge in [-0.05, 0) is 42.0 Å². The number of amides is 1. The molecule has 126 valence electrons. The SMILES string of the molecule is C/C(=N/NC(=O)COc1ccc2ccccc2c1)c1ccccc1O. The number of benzene rings is 3. The van der Waals surface area contributed by atoms with Gasteiger partial charge >= 0.3 is 0 Å². The standard InChI is InChI=1S/C20H18N2O3/c1-14(18-8-4-5-9-19(18)23)21-22-20(24)13-25-17-11-10-15-6-2-3-7-16(15)12-17/h2-12,23H,13H2,1H3,(H,22,24)/b21-14-. The third-order valence-electron chi connectivity index (χ3n) is 3.73. The van der Waals surface area contributed by atoms with Gasteiger partial charge in [0.25, 0.3) is 5.91 Å². The van der Waals surface area contributed by atoms with Crippen molar-refractivity contribution in [2.75, 3.05) is 6.61 Å². The summed E-state index contributed by atoms with van der Waals surface area (Å²) >= 11 is 0. The van der Waals surface area contributed by atoms with Crippen LogP contribution < -0.4 is 10.2 Å². The van der Waals surface area contributed by atoms with Gasteiger partial charge in [-0.3, -0.25) is 4.79 Å². The van der Waals surface area contributed by atoms with Crippen molar-refractivity contribution < 1.29 is 14.6 Å². The fourth-order valence-corrected chi connectivity index (χ4v) is 2.42. The zero-order valence-corrected chi connectivity index (χ0v) is 13.8. The molecule has 0 bridgehead atoms. The second-order valence-electron chi connectivity index (χ2n) is 5.55. The van der Waals surface area contributed by atoms with Crippen LogP contribution in [0.5, 0.6) is 11.5 Å². The Labute approximate surface area is 145 Å². The van der Waals surface area contributed by atoms with Crippen LogP contribution in [0.15, 0.2) is 71.8 Å². The average molecular weight is 334 g/mol. The minimum Gasteiger partial charge on any atom is -0.507 e. The first-order valence-corrected chi connectivity index (χ1v) is 7.86. The van der Waals surface area contributed by atoms with Crippen molar-refractivity contribution in [3.8, 4) is 11.5 Å². The van der Waals surface area contributed by atoms with Crippen LogP contribution in [0.3, 0.4) is 0 Å². The molecule has 1 amide bonds. The summed E-state index contributed by atoms with van der Waals surface area (Å²) in [6.07, 6.45) is 0. The molecule has 3 aromatic carbocycles. The highest BCUT2D eigenvalue weighted by Gasteiger charge is 2.06. The maximum Gasteiger partial charge on any atom is 0.277 e. The van der Waals surface area contributed by atoms with Crippen LogP contribution in [0.25, 0.3) is 10.8 Å². The molecular weight excluding hydrogens is 316 g/mol. The van der Waals surface area contributed by atoms with Gasteiger partial charge in [-0.15, -0.1) is 0 Å². The summed E-state index contributed by atoms with van der Waals surface area (Å²) in [6.45, 7) is 1.56. The fourth-order valence-electron chi connectivity index (χ4n) is 2.42. The zero-order chi connectivity index (χ0) is 17.6. The quantitative estimate of drug-likeness (QED) is 0.554. The van der Waals surface area contributed by atoms with E-state index in [-0.39, 0.29) is 18.3 Å². The first-order valence-electron chi connectivity index (χ1n) is 7.86. The van der Waals surface area contributed by atoms with Crippen LogP contribution in [-0.4, -0.2) is 23.3 Å². The lowest BCUT2D eigenvalue weighted by Crippen LogP contribution is -2.25. The van der Waals surface area contributed by atoms with E-state index >= 15 is 0 Å². The first-order chi connectivity index (χ1) is 12.1. The number of hydrogen-bond donors (Lipinski definition) is 2. The molecule has 0 aliphatic heterocycles. The molecule has 25 heavy (non-hydrogen) atoms. The molecule has 0 heterocycles. The van der Waals surface area contributed by atoms with Crippen LogP contribution in [0.1, 0.15) is 12.5 Å². The number of phenols is 1. The summed E-state index contributed by atoms with van der Waals surface area (Å²) in [7, 11) is 0. The highest BCUT2D eigenvalue weighted by molar-refractivity contribution is 6.01.